The molecule has 0 aliphatic rings. The third-order valence-electron chi connectivity index (χ3n) is 3.82. The van der Waals surface area contributed by atoms with E-state index < -0.39 is 11.7 Å². The number of amides is 2. The molecule has 10 heteroatoms. The Morgan fingerprint density at radius 3 is 2.48 bits per heavy atom. The van der Waals surface area contributed by atoms with E-state index in [1.807, 2.05) is 0 Å². The number of hydrogen-bond acceptors (Lipinski definition) is 7. The van der Waals surface area contributed by atoms with E-state index in [2.05, 4.69) is 20.8 Å². The van der Waals surface area contributed by atoms with Crippen molar-refractivity contribution in [2.45, 2.75) is 6.54 Å². The zero-order chi connectivity index (χ0) is 20.8. The molecular formula is C19H17FN4O4S. The van der Waals surface area contributed by atoms with Gasteiger partial charge in [-0.2, -0.15) is 0 Å². The molecule has 2 N–H and O–H groups in total. The van der Waals surface area contributed by atoms with Crippen LogP contribution in [0, 0.1) is 5.82 Å². The van der Waals surface area contributed by atoms with Gasteiger partial charge in [-0.15, -0.1) is 10.2 Å². The molecule has 0 aliphatic carbocycles. The molecule has 2 aromatic carbocycles. The lowest BCUT2D eigenvalue weighted by atomic mass is 10.1. The third-order valence-corrected chi connectivity index (χ3v) is 4.74. The second kappa shape index (κ2) is 9.11. The number of anilines is 1. The van der Waals surface area contributed by atoms with E-state index in [1.54, 1.807) is 18.2 Å². The van der Waals surface area contributed by atoms with Crippen molar-refractivity contribution in [3.63, 3.8) is 0 Å². The Labute approximate surface area is 169 Å². The molecule has 0 saturated heterocycles. The lowest BCUT2D eigenvalue weighted by Gasteiger charge is -2.10. The first-order chi connectivity index (χ1) is 14.0. The standard InChI is InChI=1S/C19H17FN4O4S/c1-27-13-7-8-14(15(9-13)28-2)17(25)21-10-16-23-24-19(29-16)18(26)22-12-5-3-11(20)4-6-12/h3-9H,10H2,1-2H3,(H,21,25)(H,22,26). The molecular weight excluding hydrogens is 399 g/mol. The third kappa shape index (κ3) is 5.05. The minimum absolute atomic E-state index is 0.0928. The van der Waals surface area contributed by atoms with Crippen LogP contribution in [0.5, 0.6) is 11.5 Å². The smallest absolute Gasteiger partial charge is 0.286 e. The van der Waals surface area contributed by atoms with Crippen molar-refractivity contribution in [2.75, 3.05) is 19.5 Å². The average Bonchev–Trinajstić information content (AvgIpc) is 3.22. The van der Waals surface area contributed by atoms with Crippen LogP contribution in [0.2, 0.25) is 0 Å². The van der Waals surface area contributed by atoms with Crippen LogP contribution in [0.1, 0.15) is 25.2 Å². The summed E-state index contributed by atoms with van der Waals surface area (Å²) in [5.41, 5.74) is 0.778. The maximum Gasteiger partial charge on any atom is 0.286 e. The van der Waals surface area contributed by atoms with Crippen molar-refractivity contribution in [1.82, 2.24) is 15.5 Å². The van der Waals surface area contributed by atoms with E-state index >= 15 is 0 Å². The minimum atomic E-state index is -0.469. The topological polar surface area (TPSA) is 102 Å². The van der Waals surface area contributed by atoms with Gasteiger partial charge in [0, 0.05) is 11.8 Å². The summed E-state index contributed by atoms with van der Waals surface area (Å²) in [6.45, 7) is 0.0928. The summed E-state index contributed by atoms with van der Waals surface area (Å²) in [7, 11) is 2.98. The van der Waals surface area contributed by atoms with E-state index in [1.165, 1.54) is 38.5 Å². The summed E-state index contributed by atoms with van der Waals surface area (Å²) in [4.78, 5) is 24.6. The molecule has 29 heavy (non-hydrogen) atoms. The molecule has 0 spiro atoms. The first-order valence-corrected chi connectivity index (χ1v) is 9.21. The van der Waals surface area contributed by atoms with Crippen LogP contribution in [0.4, 0.5) is 10.1 Å². The van der Waals surface area contributed by atoms with Crippen molar-refractivity contribution in [3.05, 3.63) is 63.9 Å². The van der Waals surface area contributed by atoms with Crippen LogP contribution in [0.3, 0.4) is 0 Å². The number of carbonyl (C=O) groups excluding carboxylic acids is 2. The Kier molecular flexibility index (Phi) is 6.35. The van der Waals surface area contributed by atoms with Gasteiger partial charge in [-0.3, -0.25) is 9.59 Å². The second-order valence-electron chi connectivity index (χ2n) is 5.71. The highest BCUT2D eigenvalue weighted by atomic mass is 32.1. The minimum Gasteiger partial charge on any atom is -0.497 e. The summed E-state index contributed by atoms with van der Waals surface area (Å²) >= 11 is 1.04. The number of nitrogens with one attached hydrogen (secondary N) is 2. The molecule has 0 atom stereocenters. The van der Waals surface area contributed by atoms with Gasteiger partial charge in [0.25, 0.3) is 11.8 Å². The van der Waals surface area contributed by atoms with E-state index in [0.29, 0.717) is 27.8 Å². The van der Waals surface area contributed by atoms with Crippen LogP contribution >= 0.6 is 11.3 Å². The van der Waals surface area contributed by atoms with Crippen molar-refractivity contribution < 1.29 is 23.5 Å². The first kappa shape index (κ1) is 20.2. The number of methoxy groups -OCH3 is 2. The molecule has 8 nitrogen and oxygen atoms in total. The number of hydrogen-bond donors (Lipinski definition) is 2. The largest absolute Gasteiger partial charge is 0.497 e. The summed E-state index contributed by atoms with van der Waals surface area (Å²) in [6.07, 6.45) is 0. The zero-order valence-corrected chi connectivity index (χ0v) is 16.4. The van der Waals surface area contributed by atoms with Crippen LogP contribution in [0.15, 0.2) is 42.5 Å². The molecule has 3 aromatic rings. The predicted octanol–water partition coefficient (Wildman–Crippen LogP) is 2.88. The monoisotopic (exact) mass is 416 g/mol. The fraction of sp³-hybridized carbons (Fsp3) is 0.158. The quantitative estimate of drug-likeness (QED) is 0.614. The van der Waals surface area contributed by atoms with Crippen molar-refractivity contribution in [3.8, 4) is 11.5 Å². The lowest BCUT2D eigenvalue weighted by molar-refractivity contribution is 0.0946. The van der Waals surface area contributed by atoms with Gasteiger partial charge in [0.05, 0.1) is 26.3 Å². The Hall–Kier alpha value is -3.53. The van der Waals surface area contributed by atoms with E-state index in [9.17, 15) is 14.0 Å². The fourth-order valence-electron chi connectivity index (χ4n) is 2.37. The molecule has 1 aromatic heterocycles. The molecule has 0 saturated carbocycles. The van der Waals surface area contributed by atoms with E-state index in [0.717, 1.165) is 11.3 Å². The molecule has 2 amide bonds. The van der Waals surface area contributed by atoms with Crippen LogP contribution in [-0.2, 0) is 6.54 Å². The average molecular weight is 416 g/mol. The SMILES string of the molecule is COc1ccc(C(=O)NCc2nnc(C(=O)Nc3ccc(F)cc3)s2)c(OC)c1. The highest BCUT2D eigenvalue weighted by Gasteiger charge is 2.16. The van der Waals surface area contributed by atoms with Crippen molar-refractivity contribution >= 4 is 28.8 Å². The number of ether oxygens (including phenoxy) is 2. The number of benzene rings is 2. The van der Waals surface area contributed by atoms with Gasteiger partial charge >= 0.3 is 0 Å². The van der Waals surface area contributed by atoms with Gasteiger partial charge in [0.15, 0.2) is 0 Å². The normalized spacial score (nSPS) is 10.3. The van der Waals surface area contributed by atoms with Gasteiger partial charge in [0.1, 0.15) is 22.3 Å². The Balaban J connectivity index is 1.61. The molecule has 0 bridgehead atoms. The Morgan fingerprint density at radius 2 is 1.79 bits per heavy atom. The maximum absolute atomic E-state index is 12.9. The van der Waals surface area contributed by atoms with Gasteiger partial charge in [-0.25, -0.2) is 4.39 Å². The predicted molar refractivity (Wildman–Crippen MR) is 105 cm³/mol. The summed E-state index contributed by atoms with van der Waals surface area (Å²) in [5, 5.41) is 13.6. The van der Waals surface area contributed by atoms with E-state index in [-0.39, 0.29) is 17.5 Å². The van der Waals surface area contributed by atoms with Crippen LogP contribution < -0.4 is 20.1 Å². The Bertz CT molecular complexity index is 1020. The van der Waals surface area contributed by atoms with Gasteiger partial charge in [0.2, 0.25) is 5.01 Å². The summed E-state index contributed by atoms with van der Waals surface area (Å²) < 4.78 is 23.3. The van der Waals surface area contributed by atoms with Gasteiger partial charge < -0.3 is 20.1 Å². The van der Waals surface area contributed by atoms with E-state index in [4.69, 9.17) is 9.47 Å². The van der Waals surface area contributed by atoms with Crippen molar-refractivity contribution in [1.29, 1.82) is 0 Å². The number of aromatic nitrogens is 2. The first-order valence-electron chi connectivity index (χ1n) is 8.39. The number of rotatable bonds is 7. The summed E-state index contributed by atoms with van der Waals surface area (Å²) in [6, 6.07) is 10.2. The molecule has 0 unspecified atom stereocenters. The summed E-state index contributed by atoms with van der Waals surface area (Å²) in [5.74, 6) is -0.288. The van der Waals surface area contributed by atoms with Crippen LogP contribution in [0.25, 0.3) is 0 Å². The molecule has 0 fully saturated rings. The molecule has 150 valence electrons. The molecule has 0 radical (unpaired) electrons. The number of nitrogens with zero attached hydrogens (tertiary/aromatic N) is 2. The lowest BCUT2D eigenvalue weighted by Crippen LogP contribution is -2.23. The molecule has 0 aliphatic heterocycles. The fourth-order valence-corrected chi connectivity index (χ4v) is 3.05. The zero-order valence-electron chi connectivity index (χ0n) is 15.6. The number of carbonyl (C=O) groups is 2. The second-order valence-corrected chi connectivity index (χ2v) is 6.77. The van der Waals surface area contributed by atoms with Gasteiger partial charge in [-0.05, 0) is 36.4 Å². The van der Waals surface area contributed by atoms with Crippen molar-refractivity contribution in [2.24, 2.45) is 0 Å². The highest BCUT2D eigenvalue weighted by molar-refractivity contribution is 7.13. The van der Waals surface area contributed by atoms with Gasteiger partial charge in [-0.1, -0.05) is 11.3 Å². The maximum atomic E-state index is 12.9. The molecule has 3 rings (SSSR count). The van der Waals surface area contributed by atoms with Crippen LogP contribution in [-0.4, -0.2) is 36.2 Å². The molecule has 1 heterocycles. The highest BCUT2D eigenvalue weighted by Crippen LogP contribution is 2.24. The number of halogens is 1. The Morgan fingerprint density at radius 1 is 1.03 bits per heavy atom.